The number of carbonyl (C=O) groups excluding carboxylic acids is 2. The van der Waals surface area contributed by atoms with Crippen molar-refractivity contribution in [2.75, 3.05) is 0 Å². The van der Waals surface area contributed by atoms with Crippen LogP contribution in [-0.4, -0.2) is 34.9 Å². The molecule has 3 unspecified atom stereocenters. The Morgan fingerprint density at radius 1 is 1.25 bits per heavy atom. The fourth-order valence-electron chi connectivity index (χ4n) is 6.38. The number of rotatable bonds is 7. The Labute approximate surface area is 217 Å². The van der Waals surface area contributed by atoms with Crippen molar-refractivity contribution in [1.82, 2.24) is 0 Å². The Bertz CT molecular complexity index is 989. The maximum Gasteiger partial charge on any atom is 0.303 e. The van der Waals surface area contributed by atoms with Gasteiger partial charge in [0.25, 0.3) is 0 Å². The third kappa shape index (κ3) is 6.88. The SMILES string of the molecule is C=C1C(=CC=C2CCC[C@]3(C)C(C(C)CC=CC(C)(C)O)=CCC23)CC(OC(C)=O)C[C@@H]1OC(C)=O. The normalized spacial score (nSPS) is 31.9. The maximum atomic E-state index is 11.6. The number of hydrogen-bond acceptors (Lipinski definition) is 5. The molecule has 198 valence electrons. The summed E-state index contributed by atoms with van der Waals surface area (Å²) < 4.78 is 11.0. The van der Waals surface area contributed by atoms with E-state index in [4.69, 9.17) is 9.47 Å². The molecule has 0 aromatic heterocycles. The molecule has 0 amide bonds. The number of hydrogen-bond donors (Lipinski definition) is 1. The van der Waals surface area contributed by atoms with E-state index in [-0.39, 0.29) is 23.5 Å². The average molecular weight is 497 g/mol. The van der Waals surface area contributed by atoms with E-state index in [9.17, 15) is 14.7 Å². The molecule has 3 rings (SSSR count). The largest absolute Gasteiger partial charge is 0.462 e. The van der Waals surface area contributed by atoms with Gasteiger partial charge in [0.05, 0.1) is 5.60 Å². The fraction of sp³-hybridized carbons (Fsp3) is 0.613. The quantitative estimate of drug-likeness (QED) is 0.320. The number of esters is 2. The lowest BCUT2D eigenvalue weighted by atomic mass is 9.62. The van der Waals surface area contributed by atoms with Crippen LogP contribution < -0.4 is 0 Å². The molecule has 0 bridgehead atoms. The highest BCUT2D eigenvalue weighted by Crippen LogP contribution is 2.57. The summed E-state index contributed by atoms with van der Waals surface area (Å²) >= 11 is 0. The molecular formula is C31H44O5. The van der Waals surface area contributed by atoms with E-state index >= 15 is 0 Å². The van der Waals surface area contributed by atoms with E-state index in [1.807, 2.05) is 6.08 Å². The molecule has 5 atom stereocenters. The first-order valence-corrected chi connectivity index (χ1v) is 13.3. The van der Waals surface area contributed by atoms with Crippen LogP contribution in [0.3, 0.4) is 0 Å². The summed E-state index contributed by atoms with van der Waals surface area (Å²) in [6, 6.07) is 0. The second-order valence-electron chi connectivity index (χ2n) is 11.6. The summed E-state index contributed by atoms with van der Waals surface area (Å²) in [4.78, 5) is 23.2. The molecule has 1 N–H and O–H groups in total. The van der Waals surface area contributed by atoms with Crippen molar-refractivity contribution in [1.29, 1.82) is 0 Å². The van der Waals surface area contributed by atoms with E-state index in [0.717, 1.165) is 36.8 Å². The third-order valence-electron chi connectivity index (χ3n) is 8.02. The minimum atomic E-state index is -0.781. The van der Waals surface area contributed by atoms with Crippen molar-refractivity contribution < 1.29 is 24.2 Å². The van der Waals surface area contributed by atoms with Gasteiger partial charge in [-0.25, -0.2) is 0 Å². The Balaban J connectivity index is 1.79. The standard InChI is InChI=1S/C31H44O5/c1-20(10-8-16-30(5,6)34)27-14-15-28-24(11-9-17-31(27,28)7)12-13-25-18-26(35-22(3)32)19-29(21(25)2)36-23(4)33/h8,12-14,16,20,26,28-29,34H,2,9-11,15,17-19H2,1,3-7H3/t20?,26?,28?,29-,31+/m0/s1. The lowest BCUT2D eigenvalue weighted by molar-refractivity contribution is -0.152. The fourth-order valence-corrected chi connectivity index (χ4v) is 6.38. The van der Waals surface area contributed by atoms with Crippen LogP contribution in [0.1, 0.15) is 86.5 Å². The first-order chi connectivity index (χ1) is 16.8. The minimum absolute atomic E-state index is 0.148. The first kappa shape index (κ1) is 28.2. The summed E-state index contributed by atoms with van der Waals surface area (Å²) in [5.74, 6) is 0.222. The van der Waals surface area contributed by atoms with Crippen LogP contribution in [0.2, 0.25) is 0 Å². The highest BCUT2D eigenvalue weighted by atomic mass is 16.6. The molecule has 0 aliphatic heterocycles. The highest BCUT2D eigenvalue weighted by molar-refractivity contribution is 5.67. The molecule has 0 radical (unpaired) electrons. The zero-order valence-electron chi connectivity index (χ0n) is 22.9. The van der Waals surface area contributed by atoms with Crippen molar-refractivity contribution in [2.45, 2.75) is 104 Å². The number of ether oxygens (including phenoxy) is 2. The lowest BCUT2D eigenvalue weighted by Crippen LogP contribution is -2.33. The van der Waals surface area contributed by atoms with Crippen molar-refractivity contribution in [3.05, 3.63) is 59.3 Å². The van der Waals surface area contributed by atoms with Crippen LogP contribution in [0.15, 0.2) is 59.3 Å². The molecule has 0 saturated heterocycles. The molecule has 5 nitrogen and oxygen atoms in total. The zero-order valence-corrected chi connectivity index (χ0v) is 22.9. The predicted octanol–water partition coefficient (Wildman–Crippen LogP) is 6.54. The molecule has 0 aromatic carbocycles. The van der Waals surface area contributed by atoms with Crippen LogP contribution in [0.25, 0.3) is 0 Å². The van der Waals surface area contributed by atoms with E-state index in [1.54, 1.807) is 13.8 Å². The van der Waals surface area contributed by atoms with Gasteiger partial charge in [0.2, 0.25) is 0 Å². The second kappa shape index (κ2) is 11.3. The van der Waals surface area contributed by atoms with Crippen molar-refractivity contribution >= 4 is 11.9 Å². The Morgan fingerprint density at radius 3 is 2.58 bits per heavy atom. The number of aliphatic hydroxyl groups is 1. The van der Waals surface area contributed by atoms with Gasteiger partial charge in [0.15, 0.2) is 0 Å². The monoisotopic (exact) mass is 496 g/mol. The van der Waals surface area contributed by atoms with E-state index in [2.05, 4.69) is 44.7 Å². The van der Waals surface area contributed by atoms with Gasteiger partial charge in [-0.15, -0.1) is 0 Å². The summed E-state index contributed by atoms with van der Waals surface area (Å²) in [5, 5.41) is 10.0. The van der Waals surface area contributed by atoms with Gasteiger partial charge in [-0.2, -0.15) is 0 Å². The van der Waals surface area contributed by atoms with Crippen LogP contribution in [0.4, 0.5) is 0 Å². The number of carbonyl (C=O) groups is 2. The molecule has 5 heteroatoms. The number of fused-ring (bicyclic) bond motifs is 1. The van der Waals surface area contributed by atoms with Gasteiger partial charge in [-0.05, 0) is 74.3 Å². The Hall–Kier alpha value is -2.40. The first-order valence-electron chi connectivity index (χ1n) is 13.3. The summed E-state index contributed by atoms with van der Waals surface area (Å²) in [5.41, 5.74) is 4.13. The van der Waals surface area contributed by atoms with Crippen molar-refractivity contribution in [3.8, 4) is 0 Å². The Kier molecular flexibility index (Phi) is 8.87. The molecule has 3 aliphatic carbocycles. The van der Waals surface area contributed by atoms with Crippen LogP contribution >= 0.6 is 0 Å². The van der Waals surface area contributed by atoms with Gasteiger partial charge in [-0.1, -0.05) is 62.0 Å². The third-order valence-corrected chi connectivity index (χ3v) is 8.02. The maximum absolute atomic E-state index is 11.6. The lowest BCUT2D eigenvalue weighted by Gasteiger charge is -2.42. The van der Waals surface area contributed by atoms with Crippen molar-refractivity contribution in [2.24, 2.45) is 17.3 Å². The molecule has 2 fully saturated rings. The number of allylic oxidation sites excluding steroid dienone is 6. The van der Waals surface area contributed by atoms with Gasteiger partial charge in [0, 0.05) is 26.7 Å². The zero-order chi connectivity index (χ0) is 26.7. The summed E-state index contributed by atoms with van der Waals surface area (Å²) in [6.07, 6.45) is 16.4. The van der Waals surface area contributed by atoms with E-state index in [1.165, 1.54) is 31.4 Å². The van der Waals surface area contributed by atoms with Crippen LogP contribution in [0, 0.1) is 17.3 Å². The molecule has 2 saturated carbocycles. The van der Waals surface area contributed by atoms with Gasteiger partial charge in [0.1, 0.15) is 12.2 Å². The van der Waals surface area contributed by atoms with Crippen LogP contribution in [0.5, 0.6) is 0 Å². The summed E-state index contributed by atoms with van der Waals surface area (Å²) in [6.45, 7) is 15.3. The summed E-state index contributed by atoms with van der Waals surface area (Å²) in [7, 11) is 0. The average Bonchev–Trinajstić information content (AvgIpc) is 3.10. The van der Waals surface area contributed by atoms with E-state index < -0.39 is 11.7 Å². The van der Waals surface area contributed by atoms with E-state index in [0.29, 0.717) is 24.7 Å². The van der Waals surface area contributed by atoms with Crippen LogP contribution in [-0.2, 0) is 19.1 Å². The molecule has 36 heavy (non-hydrogen) atoms. The smallest absolute Gasteiger partial charge is 0.303 e. The Morgan fingerprint density at radius 2 is 1.94 bits per heavy atom. The topological polar surface area (TPSA) is 72.8 Å². The highest BCUT2D eigenvalue weighted by Gasteiger charge is 2.45. The molecule has 0 spiro atoms. The van der Waals surface area contributed by atoms with Gasteiger partial charge >= 0.3 is 11.9 Å². The molecule has 0 heterocycles. The molecular weight excluding hydrogens is 452 g/mol. The predicted molar refractivity (Wildman–Crippen MR) is 143 cm³/mol. The molecule has 3 aliphatic rings. The molecule has 0 aromatic rings. The van der Waals surface area contributed by atoms with Crippen molar-refractivity contribution in [3.63, 3.8) is 0 Å². The van der Waals surface area contributed by atoms with Gasteiger partial charge in [-0.3, -0.25) is 9.59 Å². The van der Waals surface area contributed by atoms with Gasteiger partial charge < -0.3 is 14.6 Å². The minimum Gasteiger partial charge on any atom is -0.462 e. The second-order valence-corrected chi connectivity index (χ2v) is 11.6.